The molecule has 2 aliphatic heterocycles. The number of thiazole rings is 1. The third-order valence-electron chi connectivity index (χ3n) is 7.37. The zero-order chi connectivity index (χ0) is 28.3. The van der Waals surface area contributed by atoms with Gasteiger partial charge >= 0.3 is 0 Å². The van der Waals surface area contributed by atoms with Crippen molar-refractivity contribution in [3.05, 3.63) is 64.3 Å². The lowest BCUT2D eigenvalue weighted by molar-refractivity contribution is 0.103. The Balaban J connectivity index is 1.15. The third kappa shape index (κ3) is 6.32. The van der Waals surface area contributed by atoms with E-state index in [4.69, 9.17) is 5.73 Å². The Morgan fingerprint density at radius 3 is 2.42 bits per heavy atom. The number of benzene rings is 1. The Morgan fingerprint density at radius 2 is 1.77 bits per heavy atom. The van der Waals surface area contributed by atoms with Crippen molar-refractivity contribution >= 4 is 38.1 Å². The van der Waals surface area contributed by atoms with E-state index in [0.717, 1.165) is 61.6 Å². The number of hydrogen-bond donors (Lipinski definition) is 2. The first-order valence-corrected chi connectivity index (χ1v) is 15.7. The number of carbonyl (C=O) groups excluding carboxylic acids is 1. The van der Waals surface area contributed by atoms with Crippen molar-refractivity contribution in [2.75, 3.05) is 43.8 Å². The Hall–Kier alpha value is -3.00. The number of halogens is 2. The van der Waals surface area contributed by atoms with Crippen LogP contribution in [-0.4, -0.2) is 72.1 Å². The van der Waals surface area contributed by atoms with Gasteiger partial charge in [-0.05, 0) is 82.4 Å². The van der Waals surface area contributed by atoms with Gasteiger partial charge < -0.3 is 16.0 Å². The Bertz CT molecular complexity index is 1430. The van der Waals surface area contributed by atoms with Crippen LogP contribution in [0.5, 0.6) is 0 Å². The van der Waals surface area contributed by atoms with Crippen molar-refractivity contribution < 1.29 is 22.0 Å². The molecule has 5 rings (SSSR count). The lowest BCUT2D eigenvalue weighted by Crippen LogP contribution is -2.42. The van der Waals surface area contributed by atoms with E-state index in [1.807, 2.05) is 0 Å². The summed E-state index contributed by atoms with van der Waals surface area (Å²) in [5.41, 5.74) is 6.11. The minimum Gasteiger partial charge on any atom is -0.382 e. The number of anilines is 2. The summed E-state index contributed by atoms with van der Waals surface area (Å²) in [7, 11) is -3.68. The number of carbonyl (C=O) groups is 1. The molecule has 2 saturated heterocycles. The molecule has 0 atom stereocenters. The normalized spacial score (nSPS) is 17.4. The van der Waals surface area contributed by atoms with Crippen LogP contribution in [-0.2, 0) is 16.4 Å². The number of nitrogen functional groups attached to an aromatic ring is 1. The van der Waals surface area contributed by atoms with E-state index < -0.39 is 33.0 Å². The first-order valence-electron chi connectivity index (χ1n) is 13.4. The fourth-order valence-electron chi connectivity index (χ4n) is 5.15. The minimum atomic E-state index is -3.68. The summed E-state index contributed by atoms with van der Waals surface area (Å²) in [6.45, 7) is 3.95. The van der Waals surface area contributed by atoms with Gasteiger partial charge in [0.15, 0.2) is 5.13 Å². The standard InChI is InChI=1S/C27H32F2N6O3S2/c28-21-6-3-7-22(29)23(21)24(36)25-26(30)33-27(39-25)32-19-10-15-35(16-11-19)40(37,38)20-9-8-18(31-17-20)5-4-14-34-12-1-2-13-34/h3,6-9,17,19H,1-2,4-5,10-16,30H2,(H,32,33). The summed E-state index contributed by atoms with van der Waals surface area (Å²) < 4.78 is 56.0. The summed E-state index contributed by atoms with van der Waals surface area (Å²) in [4.78, 5) is 23.9. The number of hydrogen-bond acceptors (Lipinski definition) is 9. The largest absolute Gasteiger partial charge is 0.382 e. The number of sulfonamides is 1. The highest BCUT2D eigenvalue weighted by molar-refractivity contribution is 7.89. The monoisotopic (exact) mass is 590 g/mol. The van der Waals surface area contributed by atoms with Gasteiger partial charge in [-0.25, -0.2) is 22.2 Å². The molecular formula is C27H32F2N6O3S2. The highest BCUT2D eigenvalue weighted by Gasteiger charge is 2.31. The molecule has 13 heteroatoms. The number of pyridine rings is 1. The minimum absolute atomic E-state index is 0.0569. The molecule has 4 heterocycles. The maximum absolute atomic E-state index is 14.1. The van der Waals surface area contributed by atoms with Gasteiger partial charge in [0.05, 0.1) is 5.56 Å². The lowest BCUT2D eigenvalue weighted by atomic mass is 10.1. The van der Waals surface area contributed by atoms with E-state index in [-0.39, 0.29) is 21.6 Å². The van der Waals surface area contributed by atoms with Gasteiger partial charge in [-0.2, -0.15) is 4.31 Å². The summed E-state index contributed by atoms with van der Waals surface area (Å²) in [5, 5.41) is 3.52. The van der Waals surface area contributed by atoms with Crippen molar-refractivity contribution in [1.82, 2.24) is 19.2 Å². The molecule has 0 saturated carbocycles. The number of ketones is 1. The van der Waals surface area contributed by atoms with Crippen LogP contribution in [0.25, 0.3) is 0 Å². The zero-order valence-corrected chi connectivity index (χ0v) is 23.6. The second-order valence-electron chi connectivity index (χ2n) is 10.1. The number of nitrogens with one attached hydrogen (secondary N) is 1. The lowest BCUT2D eigenvalue weighted by Gasteiger charge is -2.31. The molecule has 2 aliphatic rings. The maximum Gasteiger partial charge on any atom is 0.244 e. The number of aryl methyl sites for hydroxylation is 1. The predicted octanol–water partition coefficient (Wildman–Crippen LogP) is 3.92. The molecule has 3 N–H and O–H groups in total. The molecule has 3 aromatic rings. The number of nitrogens with zero attached hydrogens (tertiary/aromatic N) is 4. The van der Waals surface area contributed by atoms with E-state index in [1.165, 1.54) is 29.4 Å². The van der Waals surface area contributed by atoms with Gasteiger partial charge in [0, 0.05) is 31.0 Å². The van der Waals surface area contributed by atoms with Crippen LogP contribution < -0.4 is 11.1 Å². The first kappa shape index (κ1) is 28.5. The molecule has 0 radical (unpaired) electrons. The van der Waals surface area contributed by atoms with Crippen molar-refractivity contribution in [2.24, 2.45) is 0 Å². The molecule has 0 amide bonds. The third-order valence-corrected chi connectivity index (χ3v) is 10.3. The topological polar surface area (TPSA) is 122 Å². The molecule has 2 aromatic heterocycles. The summed E-state index contributed by atoms with van der Waals surface area (Å²) >= 11 is 0.918. The molecule has 0 spiro atoms. The fourth-order valence-corrected chi connectivity index (χ4v) is 7.47. The molecule has 0 aliphatic carbocycles. The van der Waals surface area contributed by atoms with Crippen molar-refractivity contribution in [3.8, 4) is 0 Å². The van der Waals surface area contributed by atoms with Gasteiger partial charge in [0.1, 0.15) is 27.2 Å². The second-order valence-corrected chi connectivity index (χ2v) is 13.1. The quantitative estimate of drug-likeness (QED) is 0.341. The van der Waals surface area contributed by atoms with E-state index in [2.05, 4.69) is 20.2 Å². The van der Waals surface area contributed by atoms with Gasteiger partial charge in [0.25, 0.3) is 0 Å². The molecular weight excluding hydrogens is 558 g/mol. The van der Waals surface area contributed by atoms with Crippen LogP contribution in [0.1, 0.15) is 53.0 Å². The van der Waals surface area contributed by atoms with Crippen LogP contribution in [0.15, 0.2) is 41.4 Å². The first-order chi connectivity index (χ1) is 19.2. The van der Waals surface area contributed by atoms with Crippen molar-refractivity contribution in [2.45, 2.75) is 49.5 Å². The van der Waals surface area contributed by atoms with Crippen LogP contribution >= 0.6 is 11.3 Å². The van der Waals surface area contributed by atoms with Crippen molar-refractivity contribution in [1.29, 1.82) is 0 Å². The van der Waals surface area contributed by atoms with E-state index >= 15 is 0 Å². The van der Waals surface area contributed by atoms with E-state index in [9.17, 15) is 22.0 Å². The van der Waals surface area contributed by atoms with E-state index in [1.54, 1.807) is 12.1 Å². The SMILES string of the molecule is Nc1nc(NC2CCN(S(=O)(=O)c3ccc(CCCN4CCCC4)nc3)CC2)sc1C(=O)c1c(F)cccc1F. The van der Waals surface area contributed by atoms with Gasteiger partial charge in [-0.15, -0.1) is 0 Å². The molecule has 2 fully saturated rings. The van der Waals surface area contributed by atoms with Crippen molar-refractivity contribution in [3.63, 3.8) is 0 Å². The molecule has 0 bridgehead atoms. The summed E-state index contributed by atoms with van der Waals surface area (Å²) in [6.07, 6.45) is 6.80. The number of piperidine rings is 1. The maximum atomic E-state index is 14.1. The molecule has 1 aromatic carbocycles. The Labute approximate surface area is 236 Å². The Morgan fingerprint density at radius 1 is 1.07 bits per heavy atom. The highest BCUT2D eigenvalue weighted by Crippen LogP contribution is 2.31. The average molecular weight is 591 g/mol. The number of nitrogens with two attached hydrogens (primary N) is 1. The summed E-state index contributed by atoms with van der Waals surface area (Å²) in [5.74, 6) is -2.93. The van der Waals surface area contributed by atoms with Crippen LogP contribution in [0.2, 0.25) is 0 Å². The van der Waals surface area contributed by atoms with Gasteiger partial charge in [-0.1, -0.05) is 17.4 Å². The second kappa shape index (κ2) is 12.2. The number of aromatic nitrogens is 2. The van der Waals surface area contributed by atoms with E-state index in [0.29, 0.717) is 31.1 Å². The number of likely N-dealkylation sites (tertiary alicyclic amines) is 1. The zero-order valence-electron chi connectivity index (χ0n) is 22.0. The molecule has 9 nitrogen and oxygen atoms in total. The number of rotatable bonds is 10. The van der Waals surface area contributed by atoms with Crippen LogP contribution in [0.3, 0.4) is 0 Å². The fraction of sp³-hybridized carbons (Fsp3) is 0.444. The molecule has 40 heavy (non-hydrogen) atoms. The highest BCUT2D eigenvalue weighted by atomic mass is 32.2. The molecule has 0 unspecified atom stereocenters. The van der Waals surface area contributed by atoms with Crippen LogP contribution in [0, 0.1) is 11.6 Å². The molecule has 214 valence electrons. The summed E-state index contributed by atoms with van der Waals surface area (Å²) in [6, 6.07) is 6.52. The Kier molecular flexibility index (Phi) is 8.74. The predicted molar refractivity (Wildman–Crippen MR) is 150 cm³/mol. The van der Waals surface area contributed by atoms with Crippen LogP contribution in [0.4, 0.5) is 19.7 Å². The van der Waals surface area contributed by atoms with Gasteiger partial charge in [0.2, 0.25) is 15.8 Å². The smallest absolute Gasteiger partial charge is 0.244 e. The van der Waals surface area contributed by atoms with Gasteiger partial charge in [-0.3, -0.25) is 9.78 Å². The average Bonchev–Trinajstić information content (AvgIpc) is 3.58.